The topological polar surface area (TPSA) is 86.0 Å². The average Bonchev–Trinajstić information content (AvgIpc) is 2.27. The molecule has 0 saturated carbocycles. The Kier molecular flexibility index (Phi) is 4.05. The van der Waals surface area contributed by atoms with E-state index in [4.69, 9.17) is 10.4 Å². The van der Waals surface area contributed by atoms with Crippen LogP contribution < -0.4 is 5.32 Å². The Bertz CT molecular complexity index is 449. The fourth-order valence-electron chi connectivity index (χ4n) is 1.26. The SMILES string of the molecule is CC(C)(CC#N)CNc1cccc(C(=O)O)n1. The maximum absolute atomic E-state index is 10.7. The highest BCUT2D eigenvalue weighted by molar-refractivity contribution is 5.85. The first-order chi connectivity index (χ1) is 7.94. The van der Waals surface area contributed by atoms with E-state index in [0.717, 1.165) is 0 Å². The number of anilines is 1. The van der Waals surface area contributed by atoms with Gasteiger partial charge in [-0.25, -0.2) is 9.78 Å². The van der Waals surface area contributed by atoms with Crippen molar-refractivity contribution in [1.82, 2.24) is 4.98 Å². The maximum atomic E-state index is 10.7. The van der Waals surface area contributed by atoms with Gasteiger partial charge in [-0.2, -0.15) is 5.26 Å². The molecule has 1 aromatic heterocycles. The van der Waals surface area contributed by atoms with Crippen LogP contribution in [0, 0.1) is 16.7 Å². The lowest BCUT2D eigenvalue weighted by atomic mass is 9.90. The molecule has 0 saturated heterocycles. The molecule has 90 valence electrons. The van der Waals surface area contributed by atoms with E-state index < -0.39 is 5.97 Å². The first kappa shape index (κ1) is 13.0. The minimum absolute atomic E-state index is 0.00749. The lowest BCUT2D eigenvalue weighted by Crippen LogP contribution is -2.23. The lowest BCUT2D eigenvalue weighted by molar-refractivity contribution is 0.0690. The molecule has 2 N–H and O–H groups in total. The van der Waals surface area contributed by atoms with Crippen molar-refractivity contribution in [3.8, 4) is 6.07 Å². The summed E-state index contributed by atoms with van der Waals surface area (Å²) in [5.74, 6) is -0.541. The first-order valence-electron chi connectivity index (χ1n) is 5.26. The second-order valence-corrected chi connectivity index (χ2v) is 4.57. The number of pyridine rings is 1. The van der Waals surface area contributed by atoms with Crippen molar-refractivity contribution >= 4 is 11.8 Å². The van der Waals surface area contributed by atoms with Crippen molar-refractivity contribution in [3.63, 3.8) is 0 Å². The van der Waals surface area contributed by atoms with Crippen molar-refractivity contribution in [2.75, 3.05) is 11.9 Å². The monoisotopic (exact) mass is 233 g/mol. The Morgan fingerprint density at radius 2 is 2.29 bits per heavy atom. The molecule has 0 aliphatic carbocycles. The Morgan fingerprint density at radius 1 is 1.59 bits per heavy atom. The van der Waals surface area contributed by atoms with E-state index in [2.05, 4.69) is 16.4 Å². The molecule has 1 aromatic rings. The van der Waals surface area contributed by atoms with Crippen molar-refractivity contribution in [2.45, 2.75) is 20.3 Å². The highest BCUT2D eigenvalue weighted by Gasteiger charge is 2.17. The van der Waals surface area contributed by atoms with Gasteiger partial charge in [-0.1, -0.05) is 19.9 Å². The van der Waals surface area contributed by atoms with Gasteiger partial charge in [0.2, 0.25) is 0 Å². The van der Waals surface area contributed by atoms with Gasteiger partial charge >= 0.3 is 5.97 Å². The van der Waals surface area contributed by atoms with Gasteiger partial charge in [0.15, 0.2) is 5.69 Å². The van der Waals surface area contributed by atoms with E-state index in [0.29, 0.717) is 18.8 Å². The van der Waals surface area contributed by atoms with Crippen LogP contribution in [-0.2, 0) is 0 Å². The predicted octanol–water partition coefficient (Wildman–Crippen LogP) is 2.13. The average molecular weight is 233 g/mol. The van der Waals surface area contributed by atoms with Gasteiger partial charge in [0.05, 0.1) is 6.07 Å². The molecule has 0 atom stereocenters. The molecule has 0 unspecified atom stereocenters. The molecule has 0 radical (unpaired) electrons. The van der Waals surface area contributed by atoms with Crippen LogP contribution in [0.15, 0.2) is 18.2 Å². The van der Waals surface area contributed by atoms with Crippen LogP contribution in [-0.4, -0.2) is 22.6 Å². The van der Waals surface area contributed by atoms with Crippen LogP contribution in [0.4, 0.5) is 5.82 Å². The number of nitrogens with one attached hydrogen (secondary N) is 1. The third kappa shape index (κ3) is 4.11. The second-order valence-electron chi connectivity index (χ2n) is 4.57. The molecule has 5 heteroatoms. The summed E-state index contributed by atoms with van der Waals surface area (Å²) < 4.78 is 0. The number of aromatic carboxylic acids is 1. The zero-order chi connectivity index (χ0) is 12.9. The van der Waals surface area contributed by atoms with Gasteiger partial charge in [0.25, 0.3) is 0 Å². The van der Waals surface area contributed by atoms with Gasteiger partial charge in [0.1, 0.15) is 5.82 Å². The summed E-state index contributed by atoms with van der Waals surface area (Å²) in [7, 11) is 0. The normalized spacial score (nSPS) is 10.6. The van der Waals surface area contributed by atoms with Crippen molar-refractivity contribution in [3.05, 3.63) is 23.9 Å². The zero-order valence-electron chi connectivity index (χ0n) is 9.90. The van der Waals surface area contributed by atoms with Crippen LogP contribution in [0.3, 0.4) is 0 Å². The van der Waals surface area contributed by atoms with Crippen molar-refractivity contribution in [1.29, 1.82) is 5.26 Å². The smallest absolute Gasteiger partial charge is 0.354 e. The molecule has 1 heterocycles. The number of aromatic nitrogens is 1. The summed E-state index contributed by atoms with van der Waals surface area (Å²) in [5, 5.41) is 20.5. The number of carboxylic acids is 1. The number of carboxylic acid groups (broad SMARTS) is 1. The summed E-state index contributed by atoms with van der Waals surface area (Å²) in [5.41, 5.74) is -0.163. The molecule has 0 amide bonds. The molecule has 0 aromatic carbocycles. The third-order valence-electron chi connectivity index (χ3n) is 2.27. The molecule has 0 aliphatic rings. The van der Waals surface area contributed by atoms with Crippen LogP contribution in [0.25, 0.3) is 0 Å². The highest BCUT2D eigenvalue weighted by atomic mass is 16.4. The highest BCUT2D eigenvalue weighted by Crippen LogP contribution is 2.20. The minimum Gasteiger partial charge on any atom is -0.477 e. The Hall–Kier alpha value is -2.09. The molecule has 0 spiro atoms. The summed E-state index contributed by atoms with van der Waals surface area (Å²) in [6, 6.07) is 6.90. The van der Waals surface area contributed by atoms with Gasteiger partial charge in [-0.05, 0) is 17.5 Å². The van der Waals surface area contributed by atoms with Crippen LogP contribution in [0.5, 0.6) is 0 Å². The van der Waals surface area contributed by atoms with E-state index in [-0.39, 0.29) is 11.1 Å². The Balaban J connectivity index is 2.67. The van der Waals surface area contributed by atoms with E-state index >= 15 is 0 Å². The Morgan fingerprint density at radius 3 is 2.88 bits per heavy atom. The van der Waals surface area contributed by atoms with Crippen LogP contribution >= 0.6 is 0 Å². The summed E-state index contributed by atoms with van der Waals surface area (Å²) >= 11 is 0. The number of hydrogen-bond donors (Lipinski definition) is 2. The fraction of sp³-hybridized carbons (Fsp3) is 0.417. The van der Waals surface area contributed by atoms with Gasteiger partial charge in [-0.3, -0.25) is 0 Å². The van der Waals surface area contributed by atoms with Crippen molar-refractivity contribution in [2.24, 2.45) is 5.41 Å². The molecular formula is C12H15N3O2. The van der Waals surface area contributed by atoms with Gasteiger partial charge in [-0.15, -0.1) is 0 Å². The second kappa shape index (κ2) is 5.30. The summed E-state index contributed by atoms with van der Waals surface area (Å²) in [6.45, 7) is 4.49. The van der Waals surface area contributed by atoms with E-state index in [1.54, 1.807) is 12.1 Å². The van der Waals surface area contributed by atoms with Crippen LogP contribution in [0.1, 0.15) is 30.8 Å². The zero-order valence-corrected chi connectivity index (χ0v) is 9.90. The summed E-state index contributed by atoms with van der Waals surface area (Å²) in [4.78, 5) is 14.7. The number of carbonyl (C=O) groups is 1. The molecule has 0 bridgehead atoms. The third-order valence-corrected chi connectivity index (χ3v) is 2.27. The van der Waals surface area contributed by atoms with Gasteiger partial charge < -0.3 is 10.4 Å². The number of hydrogen-bond acceptors (Lipinski definition) is 4. The van der Waals surface area contributed by atoms with E-state index in [9.17, 15) is 4.79 Å². The molecular weight excluding hydrogens is 218 g/mol. The quantitative estimate of drug-likeness (QED) is 0.813. The maximum Gasteiger partial charge on any atom is 0.354 e. The number of nitrogens with zero attached hydrogens (tertiary/aromatic N) is 2. The van der Waals surface area contributed by atoms with E-state index in [1.807, 2.05) is 13.8 Å². The van der Waals surface area contributed by atoms with E-state index in [1.165, 1.54) is 6.07 Å². The molecule has 5 nitrogen and oxygen atoms in total. The standard InChI is InChI=1S/C12H15N3O2/c1-12(2,6-7-13)8-14-10-5-3-4-9(15-10)11(16)17/h3-5H,6,8H2,1-2H3,(H,14,15)(H,16,17). The predicted molar refractivity (Wildman–Crippen MR) is 63.7 cm³/mol. The fourth-order valence-corrected chi connectivity index (χ4v) is 1.26. The molecule has 17 heavy (non-hydrogen) atoms. The number of rotatable bonds is 5. The lowest BCUT2D eigenvalue weighted by Gasteiger charge is -2.21. The Labute approximate surface area is 100 Å². The molecule has 1 rings (SSSR count). The summed E-state index contributed by atoms with van der Waals surface area (Å²) in [6.07, 6.45) is 0.429. The van der Waals surface area contributed by atoms with Crippen LogP contribution in [0.2, 0.25) is 0 Å². The first-order valence-corrected chi connectivity index (χ1v) is 5.26. The largest absolute Gasteiger partial charge is 0.477 e. The molecule has 0 aliphatic heterocycles. The van der Waals surface area contributed by atoms with Gasteiger partial charge in [0, 0.05) is 13.0 Å². The van der Waals surface area contributed by atoms with Crippen molar-refractivity contribution < 1.29 is 9.90 Å². The number of nitriles is 1. The minimum atomic E-state index is -1.05. The molecule has 0 fully saturated rings.